The molecule has 3 rings (SSSR count). The highest BCUT2D eigenvalue weighted by Gasteiger charge is 2.03. The molecule has 3 heteroatoms. The van der Waals surface area contributed by atoms with Gasteiger partial charge in [0.25, 0.3) is 0 Å². The first-order valence-electron chi connectivity index (χ1n) is 5.76. The molecule has 3 nitrogen and oxygen atoms in total. The Balaban J connectivity index is 2.06. The van der Waals surface area contributed by atoms with E-state index in [-0.39, 0.29) is 5.84 Å². The highest BCUT2D eigenvalue weighted by molar-refractivity contribution is 5.95. The molecule has 0 atom stereocenters. The minimum atomic E-state index is 0.0956. The van der Waals surface area contributed by atoms with E-state index in [0.29, 0.717) is 0 Å². The highest BCUT2D eigenvalue weighted by Crippen LogP contribution is 2.24. The van der Waals surface area contributed by atoms with Gasteiger partial charge in [0.05, 0.1) is 0 Å². The predicted octanol–water partition coefficient (Wildman–Crippen LogP) is 3.12. The first kappa shape index (κ1) is 10.6. The van der Waals surface area contributed by atoms with Crippen LogP contribution in [0.25, 0.3) is 22.2 Å². The third-order valence-corrected chi connectivity index (χ3v) is 3.04. The molecular formula is C15H13N3. The van der Waals surface area contributed by atoms with Crippen molar-refractivity contribution < 1.29 is 0 Å². The summed E-state index contributed by atoms with van der Waals surface area (Å²) < 4.78 is 0. The average molecular weight is 235 g/mol. The molecule has 4 N–H and O–H groups in total. The number of nitrogens with one attached hydrogen (secondary N) is 2. The van der Waals surface area contributed by atoms with Gasteiger partial charge in [0, 0.05) is 22.2 Å². The van der Waals surface area contributed by atoms with E-state index in [4.69, 9.17) is 11.1 Å². The number of rotatable bonds is 2. The van der Waals surface area contributed by atoms with Gasteiger partial charge in [0.1, 0.15) is 5.84 Å². The summed E-state index contributed by atoms with van der Waals surface area (Å²) in [6.07, 6.45) is 0. The van der Waals surface area contributed by atoms with Crippen molar-refractivity contribution in [2.75, 3.05) is 0 Å². The third kappa shape index (κ3) is 1.76. The Morgan fingerprint density at radius 3 is 2.39 bits per heavy atom. The maximum atomic E-state index is 7.37. The molecule has 18 heavy (non-hydrogen) atoms. The van der Waals surface area contributed by atoms with Crippen LogP contribution in [0.1, 0.15) is 5.56 Å². The maximum Gasteiger partial charge on any atom is 0.122 e. The molecule has 0 radical (unpaired) electrons. The van der Waals surface area contributed by atoms with E-state index < -0.39 is 0 Å². The Hall–Kier alpha value is -2.55. The summed E-state index contributed by atoms with van der Waals surface area (Å²) in [5.74, 6) is 0.0956. The van der Waals surface area contributed by atoms with Crippen LogP contribution in [0.2, 0.25) is 0 Å². The Kier molecular flexibility index (Phi) is 2.38. The number of nitrogens with two attached hydrogens (primary N) is 1. The van der Waals surface area contributed by atoms with Gasteiger partial charge in [-0.25, -0.2) is 0 Å². The molecule has 0 aliphatic rings. The second kappa shape index (κ2) is 4.04. The van der Waals surface area contributed by atoms with Crippen LogP contribution in [0, 0.1) is 5.41 Å². The van der Waals surface area contributed by atoms with Crippen LogP contribution in [0.4, 0.5) is 0 Å². The smallest absolute Gasteiger partial charge is 0.122 e. The van der Waals surface area contributed by atoms with Gasteiger partial charge in [0.15, 0.2) is 0 Å². The third-order valence-electron chi connectivity index (χ3n) is 3.04. The Morgan fingerprint density at radius 2 is 1.72 bits per heavy atom. The molecule has 1 heterocycles. The number of hydrogen-bond acceptors (Lipinski definition) is 1. The average Bonchev–Trinajstić information content (AvgIpc) is 2.82. The standard InChI is InChI=1S/C15H13N3/c16-15(17)11-7-5-10(6-8-11)14-9-12-3-1-2-4-13(12)18-14/h1-9,18H,(H3,16,17). The molecule has 1 aromatic heterocycles. The van der Waals surface area contributed by atoms with Crippen LogP contribution in [0.15, 0.2) is 54.6 Å². The predicted molar refractivity (Wildman–Crippen MR) is 74.8 cm³/mol. The SMILES string of the molecule is N=C(N)c1ccc(-c2cc3ccccc3[nH]2)cc1. The van der Waals surface area contributed by atoms with Crippen LogP contribution in [-0.4, -0.2) is 10.8 Å². The largest absolute Gasteiger partial charge is 0.384 e. The van der Waals surface area contributed by atoms with Crippen molar-refractivity contribution in [1.29, 1.82) is 5.41 Å². The Labute approximate surface area is 105 Å². The van der Waals surface area contributed by atoms with Crippen molar-refractivity contribution in [3.05, 3.63) is 60.2 Å². The molecule has 3 aromatic rings. The zero-order valence-electron chi connectivity index (χ0n) is 9.77. The number of aromatic amines is 1. The summed E-state index contributed by atoms with van der Waals surface area (Å²) >= 11 is 0. The van der Waals surface area contributed by atoms with Crippen molar-refractivity contribution in [2.45, 2.75) is 0 Å². The van der Waals surface area contributed by atoms with Gasteiger partial charge in [-0.05, 0) is 17.7 Å². The Bertz CT molecular complexity index is 675. The summed E-state index contributed by atoms with van der Waals surface area (Å²) in [6.45, 7) is 0. The first-order valence-corrected chi connectivity index (χ1v) is 5.76. The number of amidine groups is 1. The van der Waals surface area contributed by atoms with Gasteiger partial charge >= 0.3 is 0 Å². The summed E-state index contributed by atoms with van der Waals surface area (Å²) in [4.78, 5) is 3.38. The fraction of sp³-hybridized carbons (Fsp3) is 0. The fourth-order valence-electron chi connectivity index (χ4n) is 2.06. The lowest BCUT2D eigenvalue weighted by Gasteiger charge is -2.00. The van der Waals surface area contributed by atoms with Crippen molar-refractivity contribution in [3.63, 3.8) is 0 Å². The van der Waals surface area contributed by atoms with E-state index >= 15 is 0 Å². The minimum absolute atomic E-state index is 0.0956. The van der Waals surface area contributed by atoms with Crippen molar-refractivity contribution >= 4 is 16.7 Å². The molecule has 0 bridgehead atoms. The second-order valence-corrected chi connectivity index (χ2v) is 4.26. The maximum absolute atomic E-state index is 7.37. The lowest BCUT2D eigenvalue weighted by molar-refractivity contribution is 1.41. The van der Waals surface area contributed by atoms with Crippen molar-refractivity contribution in [3.8, 4) is 11.3 Å². The summed E-state index contributed by atoms with van der Waals surface area (Å²) in [6, 6.07) is 18.0. The van der Waals surface area contributed by atoms with Gasteiger partial charge < -0.3 is 10.7 Å². The molecule has 88 valence electrons. The lowest BCUT2D eigenvalue weighted by atomic mass is 10.1. The normalized spacial score (nSPS) is 10.7. The number of fused-ring (bicyclic) bond motifs is 1. The lowest BCUT2D eigenvalue weighted by Crippen LogP contribution is -2.10. The first-order chi connectivity index (χ1) is 8.74. The van der Waals surface area contributed by atoms with Crippen LogP contribution in [0.3, 0.4) is 0 Å². The number of benzene rings is 2. The molecule has 0 unspecified atom stereocenters. The van der Waals surface area contributed by atoms with Crippen LogP contribution < -0.4 is 5.73 Å². The van der Waals surface area contributed by atoms with Gasteiger partial charge in [-0.2, -0.15) is 0 Å². The minimum Gasteiger partial charge on any atom is -0.384 e. The van der Waals surface area contributed by atoms with E-state index in [1.54, 1.807) is 0 Å². The van der Waals surface area contributed by atoms with E-state index in [1.807, 2.05) is 36.4 Å². The monoisotopic (exact) mass is 235 g/mol. The summed E-state index contributed by atoms with van der Waals surface area (Å²) in [7, 11) is 0. The Morgan fingerprint density at radius 1 is 1.00 bits per heavy atom. The van der Waals surface area contributed by atoms with E-state index in [2.05, 4.69) is 23.2 Å². The van der Waals surface area contributed by atoms with Gasteiger partial charge in [-0.15, -0.1) is 0 Å². The number of H-pyrrole nitrogens is 1. The molecule has 0 aliphatic carbocycles. The number of hydrogen-bond donors (Lipinski definition) is 3. The van der Waals surface area contributed by atoms with Crippen LogP contribution in [-0.2, 0) is 0 Å². The van der Waals surface area contributed by atoms with Crippen LogP contribution >= 0.6 is 0 Å². The van der Waals surface area contributed by atoms with Gasteiger partial charge in [-0.1, -0.05) is 42.5 Å². The number of para-hydroxylation sites is 1. The molecular weight excluding hydrogens is 222 g/mol. The van der Waals surface area contributed by atoms with Gasteiger partial charge in [-0.3, -0.25) is 5.41 Å². The van der Waals surface area contributed by atoms with Crippen molar-refractivity contribution in [2.24, 2.45) is 5.73 Å². The number of aromatic nitrogens is 1. The molecule has 0 fully saturated rings. The molecule has 0 saturated heterocycles. The second-order valence-electron chi connectivity index (χ2n) is 4.26. The molecule has 0 spiro atoms. The highest BCUT2D eigenvalue weighted by atomic mass is 14.7. The zero-order valence-corrected chi connectivity index (χ0v) is 9.77. The van der Waals surface area contributed by atoms with Crippen LogP contribution in [0.5, 0.6) is 0 Å². The quantitative estimate of drug-likeness (QED) is 0.463. The summed E-state index contributed by atoms with van der Waals surface area (Å²) in [5.41, 5.74) is 9.48. The topological polar surface area (TPSA) is 65.7 Å². The fourth-order valence-corrected chi connectivity index (χ4v) is 2.06. The molecule has 2 aromatic carbocycles. The van der Waals surface area contributed by atoms with E-state index in [9.17, 15) is 0 Å². The van der Waals surface area contributed by atoms with Crippen molar-refractivity contribution in [1.82, 2.24) is 4.98 Å². The zero-order chi connectivity index (χ0) is 12.5. The van der Waals surface area contributed by atoms with E-state index in [1.165, 1.54) is 5.39 Å². The molecule has 0 saturated carbocycles. The molecule has 0 amide bonds. The number of nitrogen functional groups attached to an aromatic ring is 1. The van der Waals surface area contributed by atoms with E-state index in [0.717, 1.165) is 22.3 Å². The van der Waals surface area contributed by atoms with Gasteiger partial charge in [0.2, 0.25) is 0 Å². The summed E-state index contributed by atoms with van der Waals surface area (Å²) in [5, 5.41) is 8.57. The molecule has 0 aliphatic heterocycles.